The number of likely N-dealkylation sites (N-methyl/N-ethyl adjacent to an activating group) is 2. The van der Waals surface area contributed by atoms with Gasteiger partial charge in [-0.1, -0.05) is 6.92 Å². The Kier molecular flexibility index (Phi) is 9.35. The molecule has 244 valence electrons. The van der Waals surface area contributed by atoms with Gasteiger partial charge >= 0.3 is 0 Å². The Morgan fingerprint density at radius 1 is 0.915 bits per heavy atom. The van der Waals surface area contributed by atoms with Gasteiger partial charge in [-0.3, -0.25) is 19.5 Å². The van der Waals surface area contributed by atoms with E-state index in [-0.39, 0.29) is 11.4 Å². The quantitative estimate of drug-likeness (QED) is 0.127. The lowest BCUT2D eigenvalue weighted by Gasteiger charge is -2.19. The Labute approximate surface area is 275 Å². The van der Waals surface area contributed by atoms with Crippen LogP contribution in [0.1, 0.15) is 25.5 Å². The highest BCUT2D eigenvalue weighted by Crippen LogP contribution is 2.48. The number of nitrogens with zero attached hydrogens (tertiary/aromatic N) is 3. The van der Waals surface area contributed by atoms with Crippen LogP contribution in [-0.4, -0.2) is 60.3 Å². The van der Waals surface area contributed by atoms with Crippen molar-refractivity contribution in [2.75, 3.05) is 44.4 Å². The lowest BCUT2D eigenvalue weighted by atomic mass is 10.0. The number of carbonyl (C=O) groups is 2. The molecule has 12 heteroatoms. The number of carbonyl (C=O) groups excluding carboxylic acids is 2. The molecule has 2 N–H and O–H groups in total. The molecule has 3 aromatic heterocycles. The van der Waals surface area contributed by atoms with Gasteiger partial charge in [-0.15, -0.1) is 11.3 Å². The van der Waals surface area contributed by atoms with Crippen molar-refractivity contribution >= 4 is 44.7 Å². The summed E-state index contributed by atoms with van der Waals surface area (Å²) in [7, 11) is 4.17. The molecule has 1 aliphatic carbocycles. The molecule has 0 atom stereocenters. The molecule has 9 nitrogen and oxygen atoms in total. The van der Waals surface area contributed by atoms with Gasteiger partial charge in [-0.2, -0.15) is 0 Å². The Bertz CT molecular complexity index is 1900. The normalized spacial score (nSPS) is 13.7. The average molecular weight is 660 g/mol. The summed E-state index contributed by atoms with van der Waals surface area (Å²) in [5, 5.41) is 5.31. The zero-order chi connectivity index (χ0) is 33.1. The molecule has 5 aromatic rings. The van der Waals surface area contributed by atoms with Crippen molar-refractivity contribution in [1.82, 2.24) is 14.8 Å². The summed E-state index contributed by atoms with van der Waals surface area (Å²) < 4.78 is 41.3. The van der Waals surface area contributed by atoms with Crippen LogP contribution in [0.2, 0.25) is 0 Å². The predicted octanol–water partition coefficient (Wildman–Crippen LogP) is 7.37. The number of benzene rings is 2. The van der Waals surface area contributed by atoms with Crippen LogP contribution < -0.4 is 15.4 Å². The van der Waals surface area contributed by atoms with E-state index in [0.717, 1.165) is 46.8 Å². The number of ether oxygens (including phenoxy) is 1. The van der Waals surface area contributed by atoms with Gasteiger partial charge in [0.25, 0.3) is 0 Å². The van der Waals surface area contributed by atoms with Crippen LogP contribution >= 0.6 is 11.3 Å². The Balaban J connectivity index is 1.11. The van der Waals surface area contributed by atoms with E-state index in [9.17, 15) is 14.0 Å². The number of aromatic nitrogens is 1. The molecule has 0 aliphatic heterocycles. The van der Waals surface area contributed by atoms with E-state index < -0.39 is 28.9 Å². The van der Waals surface area contributed by atoms with Crippen molar-refractivity contribution in [3.8, 4) is 22.1 Å². The fourth-order valence-electron chi connectivity index (χ4n) is 5.05. The number of amides is 2. The SMILES string of the molecule is CCN(C)CCN(C)Cc1ccc(-c2cc3nccc(Oc4ccc(NC(=O)C5(C(=O)Nc6ccc(F)cc6)CC5)cc4F)c3s2)o1. The third kappa shape index (κ3) is 7.35. The van der Waals surface area contributed by atoms with Gasteiger partial charge in [-0.05, 0) is 88.1 Å². The van der Waals surface area contributed by atoms with Crippen LogP contribution in [0.4, 0.5) is 20.2 Å². The number of fused-ring (bicyclic) bond motifs is 1. The summed E-state index contributed by atoms with van der Waals surface area (Å²) >= 11 is 1.44. The van der Waals surface area contributed by atoms with Gasteiger partial charge in [0.1, 0.15) is 28.5 Å². The van der Waals surface area contributed by atoms with Gasteiger partial charge in [0, 0.05) is 42.8 Å². The minimum atomic E-state index is -1.27. The summed E-state index contributed by atoms with van der Waals surface area (Å²) in [6, 6.07) is 16.9. The van der Waals surface area contributed by atoms with E-state index in [1.54, 1.807) is 12.3 Å². The summed E-state index contributed by atoms with van der Waals surface area (Å²) in [5.74, 6) is -0.164. The lowest BCUT2D eigenvalue weighted by Crippen LogP contribution is -2.35. The molecule has 2 amide bonds. The number of hydrogen-bond acceptors (Lipinski definition) is 8. The second-order valence-corrected chi connectivity index (χ2v) is 12.8. The first-order chi connectivity index (χ1) is 22.6. The van der Waals surface area contributed by atoms with Crippen LogP contribution in [0.25, 0.3) is 20.9 Å². The smallest absolute Gasteiger partial charge is 0.240 e. The van der Waals surface area contributed by atoms with Crippen LogP contribution in [-0.2, 0) is 16.1 Å². The van der Waals surface area contributed by atoms with Crippen molar-refractivity contribution in [1.29, 1.82) is 0 Å². The summed E-state index contributed by atoms with van der Waals surface area (Å²) in [6.45, 7) is 5.73. The van der Waals surface area contributed by atoms with E-state index in [0.29, 0.717) is 36.3 Å². The number of furan rings is 1. The molecular formula is C35H35F2N5O4S. The number of halogens is 2. The third-order valence-corrected chi connectivity index (χ3v) is 9.39. The first-order valence-corrected chi connectivity index (χ1v) is 16.2. The van der Waals surface area contributed by atoms with E-state index in [4.69, 9.17) is 9.15 Å². The van der Waals surface area contributed by atoms with E-state index in [2.05, 4.69) is 46.4 Å². The second-order valence-electron chi connectivity index (χ2n) is 11.8. The highest BCUT2D eigenvalue weighted by atomic mass is 32.1. The number of hydrogen-bond donors (Lipinski definition) is 2. The molecule has 0 saturated heterocycles. The first kappa shape index (κ1) is 32.3. The average Bonchev–Trinajstić information content (AvgIpc) is 3.55. The minimum Gasteiger partial charge on any atom is -0.459 e. The first-order valence-electron chi connectivity index (χ1n) is 15.3. The van der Waals surface area contributed by atoms with Crippen LogP contribution in [0, 0.1) is 17.0 Å². The molecule has 1 saturated carbocycles. The minimum absolute atomic E-state index is 0.0299. The van der Waals surface area contributed by atoms with Gasteiger partial charge in [0.15, 0.2) is 11.6 Å². The molecule has 47 heavy (non-hydrogen) atoms. The second kappa shape index (κ2) is 13.6. The number of nitrogens with one attached hydrogen (secondary N) is 2. The van der Waals surface area contributed by atoms with Crippen molar-refractivity contribution in [3.63, 3.8) is 0 Å². The van der Waals surface area contributed by atoms with Crippen LogP contribution in [0.3, 0.4) is 0 Å². The molecule has 3 heterocycles. The number of thiophene rings is 1. The number of pyridine rings is 1. The topological polar surface area (TPSA) is 99.9 Å². The molecule has 0 radical (unpaired) electrons. The molecule has 0 unspecified atom stereocenters. The van der Waals surface area contributed by atoms with Gasteiger partial charge in [0.2, 0.25) is 11.8 Å². The molecule has 6 rings (SSSR count). The van der Waals surface area contributed by atoms with Gasteiger partial charge in [-0.25, -0.2) is 8.78 Å². The van der Waals surface area contributed by atoms with Crippen LogP contribution in [0.15, 0.2) is 77.3 Å². The maximum absolute atomic E-state index is 15.3. The maximum atomic E-state index is 15.3. The molecule has 0 bridgehead atoms. The van der Waals surface area contributed by atoms with Crippen molar-refractivity contribution in [2.45, 2.75) is 26.3 Å². The lowest BCUT2D eigenvalue weighted by molar-refractivity contribution is -0.131. The zero-order valence-electron chi connectivity index (χ0n) is 26.3. The zero-order valence-corrected chi connectivity index (χ0v) is 27.1. The fourth-order valence-corrected chi connectivity index (χ4v) is 6.08. The van der Waals surface area contributed by atoms with E-state index in [1.165, 1.54) is 47.7 Å². The third-order valence-electron chi connectivity index (χ3n) is 8.24. The van der Waals surface area contributed by atoms with Gasteiger partial charge < -0.3 is 24.7 Å². The molecular weight excluding hydrogens is 624 g/mol. The fraction of sp³-hybridized carbons (Fsp3) is 0.286. The van der Waals surface area contributed by atoms with Crippen molar-refractivity contribution in [3.05, 3.63) is 90.3 Å². The standard InChI is InChI=1S/C35H35F2N5O4S/c1-4-41(2)17-18-42(3)21-25-10-12-29(45-25)31-20-27-32(47-31)30(13-16-38-27)46-28-11-9-24(19-26(28)37)40-34(44)35(14-15-35)33(43)39-23-7-5-22(36)6-8-23/h5-13,16,19-20H,4,14-15,17-18,21H2,1-3H3,(H,39,43)(H,40,44). The highest BCUT2D eigenvalue weighted by Gasteiger charge is 2.56. The summed E-state index contributed by atoms with van der Waals surface area (Å²) in [4.78, 5) is 35.7. The van der Waals surface area contributed by atoms with Gasteiger partial charge in [0.05, 0.1) is 21.6 Å². The van der Waals surface area contributed by atoms with Crippen molar-refractivity contribution < 1.29 is 27.5 Å². The van der Waals surface area contributed by atoms with Crippen LogP contribution in [0.5, 0.6) is 11.5 Å². The molecule has 2 aromatic carbocycles. The maximum Gasteiger partial charge on any atom is 0.240 e. The molecule has 0 spiro atoms. The Hall–Kier alpha value is -4.65. The largest absolute Gasteiger partial charge is 0.459 e. The summed E-state index contributed by atoms with van der Waals surface area (Å²) in [5.41, 5.74) is -0.00118. The predicted molar refractivity (Wildman–Crippen MR) is 179 cm³/mol. The number of anilines is 2. The molecule has 1 fully saturated rings. The molecule has 1 aliphatic rings. The van der Waals surface area contributed by atoms with E-state index >= 15 is 4.39 Å². The van der Waals surface area contributed by atoms with Crippen molar-refractivity contribution in [2.24, 2.45) is 5.41 Å². The van der Waals surface area contributed by atoms with E-state index in [1.807, 2.05) is 18.2 Å². The Morgan fingerprint density at radius 2 is 1.62 bits per heavy atom. The highest BCUT2D eigenvalue weighted by molar-refractivity contribution is 7.22. The number of rotatable bonds is 13. The summed E-state index contributed by atoms with van der Waals surface area (Å²) in [6.07, 6.45) is 2.30. The monoisotopic (exact) mass is 659 g/mol. The Morgan fingerprint density at radius 3 is 2.32 bits per heavy atom.